The summed E-state index contributed by atoms with van der Waals surface area (Å²) in [6.45, 7) is 0. The molecule has 1 N–H and O–H groups in total. The minimum absolute atomic E-state index is 0.257. The predicted molar refractivity (Wildman–Crippen MR) is 87.6 cm³/mol. The Labute approximate surface area is 138 Å². The molecule has 0 unspecified atom stereocenters. The van der Waals surface area contributed by atoms with Crippen LogP contribution in [0.4, 0.5) is 11.7 Å². The lowest BCUT2D eigenvalue weighted by Gasteiger charge is -2.07. The first-order chi connectivity index (χ1) is 11.2. The average molecular weight is 332 g/mol. The van der Waals surface area contributed by atoms with Crippen LogP contribution in [0.25, 0.3) is 11.4 Å². The third kappa shape index (κ3) is 3.37. The molecule has 6 nitrogen and oxygen atoms in total. The fraction of sp³-hybridized carbons (Fsp3) is 0.125. The molecule has 1 aromatic heterocycles. The molecule has 2 aromatic carbocycles. The first-order valence-corrected chi connectivity index (χ1v) is 7.16. The number of nitrogens with zero attached hydrogens (tertiary/aromatic N) is 2. The van der Waals surface area contributed by atoms with Crippen LogP contribution in [0.1, 0.15) is 0 Å². The minimum Gasteiger partial charge on any atom is -0.497 e. The Morgan fingerprint density at radius 3 is 2.70 bits per heavy atom. The van der Waals surface area contributed by atoms with Crippen molar-refractivity contribution < 1.29 is 14.0 Å². The summed E-state index contributed by atoms with van der Waals surface area (Å²) in [5.74, 6) is 1.70. The van der Waals surface area contributed by atoms with Crippen molar-refractivity contribution in [1.82, 2.24) is 10.1 Å². The number of hydrogen-bond acceptors (Lipinski definition) is 6. The highest BCUT2D eigenvalue weighted by atomic mass is 35.5. The van der Waals surface area contributed by atoms with Crippen LogP contribution in [0.3, 0.4) is 0 Å². The van der Waals surface area contributed by atoms with Gasteiger partial charge in [0.1, 0.15) is 11.5 Å². The summed E-state index contributed by atoms with van der Waals surface area (Å²) in [6.07, 6.45) is 0. The fourth-order valence-electron chi connectivity index (χ4n) is 2.06. The molecule has 0 saturated carbocycles. The first kappa shape index (κ1) is 15.2. The van der Waals surface area contributed by atoms with Crippen molar-refractivity contribution in [2.75, 3.05) is 19.5 Å². The van der Waals surface area contributed by atoms with Crippen molar-refractivity contribution in [3.63, 3.8) is 0 Å². The molecule has 0 aliphatic rings. The van der Waals surface area contributed by atoms with E-state index < -0.39 is 0 Å². The first-order valence-electron chi connectivity index (χ1n) is 6.78. The standard InChI is InChI=1S/C16H14ClN3O3/c1-21-12-6-7-14(22-2)13(9-12)15-19-16(23-20-15)18-11-5-3-4-10(17)8-11/h3-9H,1-2H3,(H,18,19,20). The molecule has 0 atom stereocenters. The number of hydrogen-bond donors (Lipinski definition) is 1. The molecule has 0 amide bonds. The lowest BCUT2D eigenvalue weighted by atomic mass is 10.2. The maximum absolute atomic E-state index is 5.95. The monoisotopic (exact) mass is 331 g/mol. The molecule has 0 saturated heterocycles. The molecule has 0 aliphatic carbocycles. The Kier molecular flexibility index (Phi) is 4.34. The van der Waals surface area contributed by atoms with Gasteiger partial charge in [0.25, 0.3) is 0 Å². The maximum Gasteiger partial charge on any atom is 0.326 e. The number of ether oxygens (including phenoxy) is 2. The molecule has 0 fully saturated rings. The van der Waals surface area contributed by atoms with Crippen molar-refractivity contribution >= 4 is 23.3 Å². The van der Waals surface area contributed by atoms with Gasteiger partial charge in [-0.2, -0.15) is 4.98 Å². The Morgan fingerprint density at radius 1 is 1.09 bits per heavy atom. The molecular formula is C16H14ClN3O3. The molecular weight excluding hydrogens is 318 g/mol. The van der Waals surface area contributed by atoms with Crippen molar-refractivity contribution in [3.8, 4) is 22.9 Å². The van der Waals surface area contributed by atoms with Crippen LogP contribution >= 0.6 is 11.6 Å². The van der Waals surface area contributed by atoms with Crippen molar-refractivity contribution in [3.05, 3.63) is 47.5 Å². The van der Waals surface area contributed by atoms with Crippen LogP contribution in [0, 0.1) is 0 Å². The number of benzene rings is 2. The van der Waals surface area contributed by atoms with Gasteiger partial charge in [-0.15, -0.1) is 0 Å². The van der Waals surface area contributed by atoms with Crippen LogP contribution in [0.15, 0.2) is 47.0 Å². The third-order valence-electron chi connectivity index (χ3n) is 3.15. The van der Waals surface area contributed by atoms with Crippen molar-refractivity contribution in [2.45, 2.75) is 0 Å². The van der Waals surface area contributed by atoms with Crippen LogP contribution in [-0.4, -0.2) is 24.4 Å². The molecule has 7 heteroatoms. The van der Waals surface area contributed by atoms with E-state index in [1.165, 1.54) is 0 Å². The van der Waals surface area contributed by atoms with Gasteiger partial charge in [0, 0.05) is 10.7 Å². The number of rotatable bonds is 5. The van der Waals surface area contributed by atoms with Gasteiger partial charge in [0.15, 0.2) is 0 Å². The number of nitrogens with one attached hydrogen (secondary N) is 1. The summed E-state index contributed by atoms with van der Waals surface area (Å²) in [5.41, 5.74) is 1.43. The topological polar surface area (TPSA) is 69.4 Å². The number of anilines is 2. The van der Waals surface area contributed by atoms with Crippen LogP contribution in [-0.2, 0) is 0 Å². The van der Waals surface area contributed by atoms with Crippen molar-refractivity contribution in [2.24, 2.45) is 0 Å². The molecule has 118 valence electrons. The smallest absolute Gasteiger partial charge is 0.326 e. The van der Waals surface area contributed by atoms with E-state index in [0.717, 1.165) is 5.69 Å². The molecule has 0 bridgehead atoms. The highest BCUT2D eigenvalue weighted by Crippen LogP contribution is 2.32. The maximum atomic E-state index is 5.95. The van der Waals surface area contributed by atoms with Crippen LogP contribution < -0.4 is 14.8 Å². The van der Waals surface area contributed by atoms with Gasteiger partial charge in [-0.05, 0) is 36.4 Å². The molecule has 3 rings (SSSR count). The Morgan fingerprint density at radius 2 is 1.96 bits per heavy atom. The predicted octanol–water partition coefficient (Wildman–Crippen LogP) is 4.15. The lowest BCUT2D eigenvalue weighted by molar-refractivity contribution is 0.403. The zero-order valence-electron chi connectivity index (χ0n) is 12.5. The molecule has 0 spiro atoms. The summed E-state index contributed by atoms with van der Waals surface area (Å²) >= 11 is 5.95. The lowest BCUT2D eigenvalue weighted by Crippen LogP contribution is -1.92. The van der Waals surface area contributed by atoms with E-state index >= 15 is 0 Å². The quantitative estimate of drug-likeness (QED) is 0.757. The summed E-state index contributed by atoms with van der Waals surface area (Å²) in [7, 11) is 3.17. The zero-order chi connectivity index (χ0) is 16.2. The van der Waals surface area contributed by atoms with E-state index in [2.05, 4.69) is 15.5 Å². The van der Waals surface area contributed by atoms with Gasteiger partial charge in [0.05, 0.1) is 19.8 Å². The molecule has 23 heavy (non-hydrogen) atoms. The summed E-state index contributed by atoms with van der Waals surface area (Å²) < 4.78 is 15.8. The van der Waals surface area contributed by atoms with E-state index in [0.29, 0.717) is 27.9 Å². The van der Waals surface area contributed by atoms with Gasteiger partial charge in [-0.3, -0.25) is 0 Å². The Hall–Kier alpha value is -2.73. The molecule has 0 radical (unpaired) electrons. The van der Waals surface area contributed by atoms with E-state index in [-0.39, 0.29) is 6.01 Å². The SMILES string of the molecule is COc1ccc(OC)c(-c2noc(Nc3cccc(Cl)c3)n2)c1. The fourth-order valence-corrected chi connectivity index (χ4v) is 2.25. The van der Waals surface area contributed by atoms with Gasteiger partial charge in [-0.1, -0.05) is 22.8 Å². The number of methoxy groups -OCH3 is 2. The van der Waals surface area contributed by atoms with Gasteiger partial charge < -0.3 is 19.3 Å². The van der Waals surface area contributed by atoms with E-state index in [4.69, 9.17) is 25.6 Å². The van der Waals surface area contributed by atoms with E-state index in [9.17, 15) is 0 Å². The van der Waals surface area contributed by atoms with E-state index in [1.807, 2.05) is 12.1 Å². The van der Waals surface area contributed by atoms with Gasteiger partial charge >= 0.3 is 6.01 Å². The summed E-state index contributed by atoms with van der Waals surface area (Å²) in [6, 6.07) is 12.8. The molecule has 1 heterocycles. The second kappa shape index (κ2) is 6.58. The second-order valence-corrected chi connectivity index (χ2v) is 5.06. The highest BCUT2D eigenvalue weighted by Gasteiger charge is 2.14. The van der Waals surface area contributed by atoms with Crippen LogP contribution in [0.5, 0.6) is 11.5 Å². The Balaban J connectivity index is 1.90. The van der Waals surface area contributed by atoms with E-state index in [1.54, 1.807) is 44.6 Å². The normalized spacial score (nSPS) is 10.4. The third-order valence-corrected chi connectivity index (χ3v) is 3.38. The molecule has 3 aromatic rings. The van der Waals surface area contributed by atoms with Crippen molar-refractivity contribution in [1.29, 1.82) is 0 Å². The zero-order valence-corrected chi connectivity index (χ0v) is 13.3. The molecule has 0 aliphatic heterocycles. The Bertz CT molecular complexity index is 820. The highest BCUT2D eigenvalue weighted by molar-refractivity contribution is 6.30. The number of aromatic nitrogens is 2. The van der Waals surface area contributed by atoms with Crippen LogP contribution in [0.2, 0.25) is 5.02 Å². The van der Waals surface area contributed by atoms with Gasteiger partial charge in [-0.25, -0.2) is 0 Å². The summed E-state index contributed by atoms with van der Waals surface area (Å²) in [4.78, 5) is 4.32. The second-order valence-electron chi connectivity index (χ2n) is 4.62. The average Bonchev–Trinajstić information content (AvgIpc) is 3.02. The minimum atomic E-state index is 0.257. The summed E-state index contributed by atoms with van der Waals surface area (Å²) in [5, 5.41) is 7.59. The number of halogens is 1. The van der Waals surface area contributed by atoms with Gasteiger partial charge in [0.2, 0.25) is 5.82 Å². The largest absolute Gasteiger partial charge is 0.497 e.